The van der Waals surface area contributed by atoms with Crippen LogP contribution in [0.3, 0.4) is 0 Å². The fraction of sp³-hybridized carbons (Fsp3) is 0.550. The number of hydrogen-bond acceptors (Lipinski definition) is 4. The Labute approximate surface area is 146 Å². The van der Waals surface area contributed by atoms with E-state index in [2.05, 4.69) is 0 Å². The van der Waals surface area contributed by atoms with Gasteiger partial charge in [-0.05, 0) is 45.7 Å². The molecule has 0 bridgehead atoms. The summed E-state index contributed by atoms with van der Waals surface area (Å²) in [5.74, 6) is 0.0941. The minimum absolute atomic E-state index is 0.0240. The topological polar surface area (TPSA) is 71.7 Å². The monoisotopic (exact) mass is 343 g/mol. The van der Waals surface area contributed by atoms with Gasteiger partial charge in [-0.1, -0.05) is 12.1 Å². The molecule has 25 heavy (non-hydrogen) atoms. The molecule has 2 aliphatic rings. The van der Waals surface area contributed by atoms with Gasteiger partial charge in [0.05, 0.1) is 22.8 Å². The summed E-state index contributed by atoms with van der Waals surface area (Å²) < 4.78 is 7.96. The molecular formula is C20H25NO4. The molecule has 1 fully saturated rings. The number of aromatic nitrogens is 1. The van der Waals surface area contributed by atoms with Crippen LogP contribution in [0.4, 0.5) is 0 Å². The summed E-state index contributed by atoms with van der Waals surface area (Å²) in [5, 5.41) is 22.5. The number of nitrogens with zero attached hydrogens (tertiary/aromatic N) is 1. The molecule has 1 aromatic heterocycles. The number of aryl methyl sites for hydroxylation is 1. The van der Waals surface area contributed by atoms with Crippen LogP contribution in [0.25, 0.3) is 10.9 Å². The van der Waals surface area contributed by atoms with Gasteiger partial charge in [-0.2, -0.15) is 0 Å². The third kappa shape index (κ3) is 2.19. The number of aliphatic hydroxyl groups is 2. The van der Waals surface area contributed by atoms with Crippen LogP contribution in [0.1, 0.15) is 45.1 Å². The first-order chi connectivity index (χ1) is 11.6. The maximum atomic E-state index is 13.1. The molecule has 2 N–H and O–H groups in total. The van der Waals surface area contributed by atoms with Crippen LogP contribution < -0.4 is 10.3 Å². The Bertz CT molecular complexity index is 912. The van der Waals surface area contributed by atoms with Crippen molar-refractivity contribution in [2.75, 3.05) is 0 Å². The second-order valence-electron chi connectivity index (χ2n) is 8.30. The highest BCUT2D eigenvalue weighted by atomic mass is 16.5. The van der Waals surface area contributed by atoms with Crippen molar-refractivity contribution in [2.24, 2.45) is 13.0 Å². The third-order valence-corrected chi connectivity index (χ3v) is 6.25. The molecular weight excluding hydrogens is 318 g/mol. The molecule has 4 rings (SSSR count). The molecule has 4 unspecified atom stereocenters. The summed E-state index contributed by atoms with van der Waals surface area (Å²) in [7, 11) is 1.74. The number of fused-ring (bicyclic) bond motifs is 5. The Hall–Kier alpha value is -1.85. The summed E-state index contributed by atoms with van der Waals surface area (Å²) in [4.78, 5) is 13.1. The van der Waals surface area contributed by atoms with Gasteiger partial charge in [0.25, 0.3) is 5.56 Å². The van der Waals surface area contributed by atoms with Crippen LogP contribution in [-0.2, 0) is 7.05 Å². The Kier molecular flexibility index (Phi) is 3.38. The van der Waals surface area contributed by atoms with Crippen LogP contribution in [0, 0.1) is 5.92 Å². The molecule has 2 aromatic rings. The standard InChI is InChI=1S/C20H25NO4/c1-19(2)12-9-10-20(3,24)17(22)14(12)15-16(25-19)11-7-5-6-8-13(11)21(4)18(15)23/h5-8,12,14,17,22,24H,9-10H2,1-4H3. The molecule has 0 amide bonds. The second-order valence-corrected chi connectivity index (χ2v) is 8.30. The largest absolute Gasteiger partial charge is 0.486 e. The summed E-state index contributed by atoms with van der Waals surface area (Å²) in [6.07, 6.45) is 0.199. The van der Waals surface area contributed by atoms with E-state index in [-0.39, 0.29) is 11.5 Å². The predicted octanol–water partition coefficient (Wildman–Crippen LogP) is 2.32. The highest BCUT2D eigenvalue weighted by Gasteiger charge is 2.55. The van der Waals surface area contributed by atoms with Gasteiger partial charge in [-0.3, -0.25) is 4.79 Å². The minimum Gasteiger partial charge on any atom is -0.486 e. The molecule has 0 radical (unpaired) electrons. The summed E-state index contributed by atoms with van der Waals surface area (Å²) in [6, 6.07) is 7.65. The lowest BCUT2D eigenvalue weighted by Crippen LogP contribution is -2.58. The average molecular weight is 343 g/mol. The number of hydrogen-bond donors (Lipinski definition) is 2. The van der Waals surface area contributed by atoms with E-state index in [0.29, 0.717) is 24.2 Å². The molecule has 1 aromatic carbocycles. The first-order valence-corrected chi connectivity index (χ1v) is 8.86. The molecule has 5 heteroatoms. The van der Waals surface area contributed by atoms with Crippen LogP contribution in [-0.4, -0.2) is 32.1 Å². The summed E-state index contributed by atoms with van der Waals surface area (Å²) in [6.45, 7) is 5.67. The Morgan fingerprint density at radius 3 is 2.64 bits per heavy atom. The van der Waals surface area contributed by atoms with Gasteiger partial charge < -0.3 is 19.5 Å². The molecule has 1 aliphatic carbocycles. The Morgan fingerprint density at radius 2 is 1.92 bits per heavy atom. The number of ether oxygens (including phenoxy) is 1. The van der Waals surface area contributed by atoms with E-state index in [0.717, 1.165) is 10.9 Å². The van der Waals surface area contributed by atoms with Gasteiger partial charge in [0.15, 0.2) is 0 Å². The van der Waals surface area contributed by atoms with E-state index in [1.54, 1.807) is 18.5 Å². The van der Waals surface area contributed by atoms with E-state index in [9.17, 15) is 15.0 Å². The quantitative estimate of drug-likeness (QED) is 0.770. The van der Waals surface area contributed by atoms with Crippen molar-refractivity contribution in [2.45, 2.75) is 56.8 Å². The molecule has 134 valence electrons. The zero-order chi connectivity index (χ0) is 18.1. The summed E-state index contributed by atoms with van der Waals surface area (Å²) in [5.41, 5.74) is -0.584. The van der Waals surface area contributed by atoms with Gasteiger partial charge in [0, 0.05) is 24.3 Å². The Morgan fingerprint density at radius 1 is 1.24 bits per heavy atom. The lowest BCUT2D eigenvalue weighted by molar-refractivity contribution is -0.143. The smallest absolute Gasteiger partial charge is 0.258 e. The molecule has 1 saturated carbocycles. The first-order valence-electron chi connectivity index (χ1n) is 8.86. The fourth-order valence-electron chi connectivity index (χ4n) is 4.75. The van der Waals surface area contributed by atoms with Crippen molar-refractivity contribution >= 4 is 10.9 Å². The fourth-order valence-corrected chi connectivity index (χ4v) is 4.75. The van der Waals surface area contributed by atoms with Crippen molar-refractivity contribution < 1.29 is 14.9 Å². The molecule has 1 aliphatic heterocycles. The van der Waals surface area contributed by atoms with Crippen molar-refractivity contribution in [3.63, 3.8) is 0 Å². The second kappa shape index (κ2) is 5.08. The number of aliphatic hydroxyl groups excluding tert-OH is 1. The van der Waals surface area contributed by atoms with Crippen LogP contribution >= 0.6 is 0 Å². The average Bonchev–Trinajstić information content (AvgIpc) is 2.55. The SMILES string of the molecule is Cn1c(=O)c2c(c3ccccc31)OC(C)(C)C1CCC(C)(O)C(O)C21. The van der Waals surface area contributed by atoms with E-state index in [4.69, 9.17) is 4.74 Å². The summed E-state index contributed by atoms with van der Waals surface area (Å²) >= 11 is 0. The Balaban J connectivity index is 2.08. The molecule has 0 saturated heterocycles. The zero-order valence-electron chi connectivity index (χ0n) is 15.1. The molecule has 4 atom stereocenters. The van der Waals surface area contributed by atoms with Crippen LogP contribution in [0.15, 0.2) is 29.1 Å². The molecule has 5 nitrogen and oxygen atoms in total. The van der Waals surface area contributed by atoms with Gasteiger partial charge >= 0.3 is 0 Å². The van der Waals surface area contributed by atoms with Crippen molar-refractivity contribution in [3.8, 4) is 5.75 Å². The van der Waals surface area contributed by atoms with Crippen molar-refractivity contribution in [1.82, 2.24) is 4.57 Å². The van der Waals surface area contributed by atoms with E-state index >= 15 is 0 Å². The van der Waals surface area contributed by atoms with Gasteiger partial charge in [-0.25, -0.2) is 0 Å². The van der Waals surface area contributed by atoms with E-state index in [1.165, 1.54) is 0 Å². The van der Waals surface area contributed by atoms with Gasteiger partial charge in [-0.15, -0.1) is 0 Å². The van der Waals surface area contributed by atoms with Crippen LogP contribution in [0.5, 0.6) is 5.75 Å². The molecule has 0 spiro atoms. The number of benzene rings is 1. The van der Waals surface area contributed by atoms with Gasteiger partial charge in [0.1, 0.15) is 11.4 Å². The predicted molar refractivity (Wildman–Crippen MR) is 96.0 cm³/mol. The maximum absolute atomic E-state index is 13.1. The van der Waals surface area contributed by atoms with Gasteiger partial charge in [0.2, 0.25) is 0 Å². The van der Waals surface area contributed by atoms with Crippen molar-refractivity contribution in [3.05, 3.63) is 40.2 Å². The van der Waals surface area contributed by atoms with E-state index < -0.39 is 23.2 Å². The highest BCUT2D eigenvalue weighted by molar-refractivity contribution is 5.87. The van der Waals surface area contributed by atoms with E-state index in [1.807, 2.05) is 38.1 Å². The minimum atomic E-state index is -1.21. The third-order valence-electron chi connectivity index (χ3n) is 6.25. The lowest BCUT2D eigenvalue weighted by atomic mass is 9.61. The lowest BCUT2D eigenvalue weighted by Gasteiger charge is -2.52. The first kappa shape index (κ1) is 16.6. The number of pyridine rings is 1. The zero-order valence-corrected chi connectivity index (χ0v) is 15.1. The number of para-hydroxylation sites is 1. The number of rotatable bonds is 0. The normalized spacial score (nSPS) is 33.4. The highest BCUT2D eigenvalue weighted by Crippen LogP contribution is 2.54. The van der Waals surface area contributed by atoms with Crippen LogP contribution in [0.2, 0.25) is 0 Å². The van der Waals surface area contributed by atoms with Crippen molar-refractivity contribution in [1.29, 1.82) is 0 Å². The maximum Gasteiger partial charge on any atom is 0.258 e. The molecule has 2 heterocycles.